The molecule has 1 saturated carbocycles. The Morgan fingerprint density at radius 2 is 1.07 bits per heavy atom. The lowest BCUT2D eigenvalue weighted by atomic mass is 9.91. The first-order chi connectivity index (χ1) is 52.6. The van der Waals surface area contributed by atoms with Crippen LogP contribution in [0.2, 0.25) is 15.1 Å². The Balaban J connectivity index is 0.000000157. The molecule has 4 aliphatic heterocycles. The van der Waals surface area contributed by atoms with Crippen molar-refractivity contribution >= 4 is 99.1 Å². The Kier molecular flexibility index (Phi) is 31.0. The molecule has 4 saturated heterocycles. The Morgan fingerprint density at radius 1 is 0.573 bits per heavy atom. The third kappa shape index (κ3) is 22.6. The van der Waals surface area contributed by atoms with Crippen LogP contribution in [0.5, 0.6) is 0 Å². The quantitative estimate of drug-likeness (QED) is 0.0456. The summed E-state index contributed by atoms with van der Waals surface area (Å²) in [4.78, 5) is 46.6. The number of sulfone groups is 1. The van der Waals surface area contributed by atoms with Gasteiger partial charge in [-0.1, -0.05) is 200 Å². The molecule has 3 amide bonds. The van der Waals surface area contributed by atoms with E-state index >= 15 is 0 Å². The molecule has 110 heavy (non-hydrogen) atoms. The molecule has 13 rings (SSSR count). The summed E-state index contributed by atoms with van der Waals surface area (Å²) in [5, 5.41) is 14.6. The van der Waals surface area contributed by atoms with E-state index in [1.165, 1.54) is 61.0 Å². The van der Waals surface area contributed by atoms with Gasteiger partial charge in [-0.05, 0) is 205 Å². The van der Waals surface area contributed by atoms with Gasteiger partial charge in [0, 0.05) is 71.3 Å². The highest BCUT2D eigenvalue weighted by Gasteiger charge is 2.39. The maximum Gasteiger partial charge on any atom is 0.417 e. The first-order valence-corrected chi connectivity index (χ1v) is 43.1. The number of benzene rings is 8. The summed E-state index contributed by atoms with van der Waals surface area (Å²) in [7, 11) is -1.09. The number of likely N-dealkylation sites (tertiary alicyclic amines) is 3. The molecule has 4 heterocycles. The summed E-state index contributed by atoms with van der Waals surface area (Å²) in [6.07, 6.45) is 11.0. The van der Waals surface area contributed by atoms with Gasteiger partial charge in [0.25, 0.3) is 17.7 Å². The molecule has 8 aromatic carbocycles. The minimum absolute atomic E-state index is 0.00896. The number of fused-ring (bicyclic) bond motifs is 1. The van der Waals surface area contributed by atoms with E-state index in [-0.39, 0.29) is 76.4 Å². The zero-order chi connectivity index (χ0) is 78.9. The number of hydrogen-bond acceptors (Lipinski definition) is 12. The fourth-order valence-electron chi connectivity index (χ4n) is 15.4. The average molecular weight is 1670 g/mol. The van der Waals surface area contributed by atoms with E-state index in [2.05, 4.69) is 92.0 Å². The minimum atomic E-state index is -4.61. The van der Waals surface area contributed by atoms with Crippen molar-refractivity contribution in [1.82, 2.24) is 40.3 Å². The molecule has 0 spiro atoms. The number of nitrogens with two attached hydrogens (primary N) is 1. The maximum absolute atomic E-state index is 13.2. The lowest BCUT2D eigenvalue weighted by molar-refractivity contribution is -0.137. The number of amides is 3. The van der Waals surface area contributed by atoms with Gasteiger partial charge >= 0.3 is 6.18 Å². The molecule has 5 fully saturated rings. The molecule has 8 aromatic rings. The lowest BCUT2D eigenvalue weighted by Gasteiger charge is -2.40. The molecule has 4 unspecified atom stereocenters. The zero-order valence-electron chi connectivity index (χ0n) is 63.0. The molecule has 9 atom stereocenters. The molecule has 25 heteroatoms. The Labute approximate surface area is 670 Å². The fraction of sp³-hybridized carbons (Fsp3) is 0.424. The number of likely N-dealkylation sites (N-methyl/N-ethyl adjacent to an activating group) is 2. The van der Waals surface area contributed by atoms with Crippen molar-refractivity contribution in [3.05, 3.63) is 247 Å². The summed E-state index contributed by atoms with van der Waals surface area (Å²) in [5.41, 5.74) is 9.05. The normalized spacial score (nSPS) is 20.5. The van der Waals surface area contributed by atoms with Crippen LogP contribution < -0.4 is 27.0 Å². The highest BCUT2D eigenvalue weighted by molar-refractivity contribution is 9.10. The Bertz CT molecular complexity index is 4600. The number of rotatable bonds is 21. The second kappa shape index (κ2) is 39.8. The van der Waals surface area contributed by atoms with Gasteiger partial charge in [0.2, 0.25) is 10.0 Å². The first-order valence-electron chi connectivity index (χ1n) is 38.1. The van der Waals surface area contributed by atoms with E-state index in [1.807, 2.05) is 115 Å². The van der Waals surface area contributed by atoms with Crippen LogP contribution >= 0.6 is 50.7 Å². The summed E-state index contributed by atoms with van der Waals surface area (Å²) >= 11 is 21.6. The third-order valence-corrected chi connectivity index (χ3v) is 27.7. The van der Waals surface area contributed by atoms with Gasteiger partial charge in [0.05, 0.1) is 65.4 Å². The molecule has 0 bridgehead atoms. The number of nitrogens with one attached hydrogen (secondary N) is 4. The van der Waals surface area contributed by atoms with Crippen molar-refractivity contribution in [1.29, 1.82) is 0 Å². The summed E-state index contributed by atoms with van der Waals surface area (Å²) in [6.45, 7) is 8.16. The van der Waals surface area contributed by atoms with Crippen molar-refractivity contribution in [2.45, 2.75) is 187 Å². The number of piperidine rings is 4. The van der Waals surface area contributed by atoms with Crippen LogP contribution in [0.4, 0.5) is 13.2 Å². The van der Waals surface area contributed by atoms with Crippen LogP contribution in [0.3, 0.4) is 0 Å². The number of sulfonamides is 1. The topological polar surface area (TPSA) is 207 Å². The van der Waals surface area contributed by atoms with Gasteiger partial charge in [0.15, 0.2) is 9.84 Å². The van der Waals surface area contributed by atoms with Crippen molar-refractivity contribution in [3.8, 4) is 0 Å². The van der Waals surface area contributed by atoms with Gasteiger partial charge in [0.1, 0.15) is 0 Å². The van der Waals surface area contributed by atoms with Gasteiger partial charge in [-0.15, -0.1) is 0 Å². The van der Waals surface area contributed by atoms with E-state index < -0.39 is 42.5 Å². The van der Waals surface area contributed by atoms with Crippen LogP contribution in [-0.4, -0.2) is 149 Å². The minimum Gasteiger partial charge on any atom is -0.344 e. The largest absolute Gasteiger partial charge is 0.417 e. The van der Waals surface area contributed by atoms with Crippen LogP contribution in [-0.2, 0) is 26.0 Å². The van der Waals surface area contributed by atoms with E-state index in [9.17, 15) is 44.4 Å². The molecular formula is C85H102BrCl3F3N9O7S2. The van der Waals surface area contributed by atoms with Gasteiger partial charge in [-0.2, -0.15) is 17.5 Å². The van der Waals surface area contributed by atoms with Crippen LogP contribution in [0.25, 0.3) is 10.8 Å². The number of hydrogen-bond donors (Lipinski definition) is 5. The van der Waals surface area contributed by atoms with Gasteiger partial charge < -0.3 is 36.8 Å². The van der Waals surface area contributed by atoms with Gasteiger partial charge in [-0.3, -0.25) is 19.3 Å². The SMILES string of the molecule is CN1CCCCC1C(NC(=O)c1ccc(S(=O)(=O)N(C)C2CC2)c(Br)c1)c1ccccc1.CN1CCCC[C@H]1[C@@H](NC(=O)c1cccc(Cl)c1Cl)c1ccccc1.C[C@@H]1CCC[C@H](C)N1C[C@@H](N)CCS(=O)(=O)c1cccc2ccccc12.O=C(NC(c1ccccc1)C1CCCCN1)c1cccc(C(F)(F)F)c1Cl. The molecule has 6 N–H and O–H groups in total. The van der Waals surface area contributed by atoms with Crippen LogP contribution in [0.15, 0.2) is 202 Å². The molecule has 0 aromatic heterocycles. The second-order valence-corrected chi connectivity index (χ2v) is 35.6. The van der Waals surface area contributed by atoms with E-state index in [0.717, 1.165) is 111 Å². The Morgan fingerprint density at radius 3 is 1.61 bits per heavy atom. The number of carbonyl (C=O) groups excluding carboxylic acids is 3. The number of carbonyl (C=O) groups is 3. The predicted octanol–water partition coefficient (Wildman–Crippen LogP) is 17.7. The van der Waals surface area contributed by atoms with Crippen molar-refractivity contribution in [2.75, 3.05) is 53.1 Å². The first kappa shape index (κ1) is 85.7. The highest BCUT2D eigenvalue weighted by atomic mass is 79.9. The second-order valence-electron chi connectivity index (χ2n) is 29.6. The lowest BCUT2D eigenvalue weighted by Crippen LogP contribution is -2.49. The predicted molar refractivity (Wildman–Crippen MR) is 439 cm³/mol. The highest BCUT2D eigenvalue weighted by Crippen LogP contribution is 2.39. The number of halogens is 7. The van der Waals surface area contributed by atoms with Gasteiger partial charge in [-0.25, -0.2) is 16.8 Å². The molecular weight excluding hydrogens is 1570 g/mol. The smallest absolute Gasteiger partial charge is 0.344 e. The molecule has 1 aliphatic carbocycles. The summed E-state index contributed by atoms with van der Waals surface area (Å²) in [6, 6.07) is 56.8. The van der Waals surface area contributed by atoms with E-state index in [4.69, 9.17) is 40.5 Å². The fourth-order valence-corrected chi connectivity index (χ4v) is 20.2. The van der Waals surface area contributed by atoms with Crippen molar-refractivity contribution < 1.29 is 44.4 Å². The number of nitrogens with zero attached hydrogens (tertiary/aromatic N) is 4. The Hall–Kier alpha value is -6.77. The van der Waals surface area contributed by atoms with E-state index in [1.54, 1.807) is 43.4 Å². The third-order valence-electron chi connectivity index (χ3n) is 21.8. The summed E-state index contributed by atoms with van der Waals surface area (Å²) < 4.78 is 92.7. The molecule has 16 nitrogen and oxygen atoms in total. The van der Waals surface area contributed by atoms with E-state index in [0.29, 0.717) is 49.0 Å². The monoisotopic (exact) mass is 1670 g/mol. The standard InChI is InChI=1S/C24H30BrN3O3S.C21H30N2O2S.C20H22Cl2N2O.C20H20ClF3N2O/c1-27-15-7-6-10-21(27)23(17-8-4-3-5-9-17)26-24(29)18-11-14-22(20(25)16-18)32(30,31)28(2)19-12-13-19;1-16-7-5-8-17(2)23(16)15-19(22)13-14-26(24,25)21-12-6-10-18-9-3-4-11-20(18)21;1-24-13-6-5-12-17(24)19(14-8-3-2-4-9-14)23-20(25)15-10-7-11-16(21)18(15)22;21-17-14(9-6-10-15(17)20(22,23)24)19(27)26-18(13-7-2-1-3-8-13)16-11-4-5-12-25-16/h3-5,8-9,11,14,16,19,21,23H,6-7,10,12-13,15H2,1-2H3,(H,26,29);3-4,6,9-12,16-17,19H,5,7-8,13-15,22H2,1-2H3;2-4,7-11,17,19H,5-6,12-13H2,1H3,(H,23,25);1-3,6-10,16,18,25H,4-5,11-12H2,(H,26,27)/t;16-,17+,19-;17-,19-;/m.00./s1. The summed E-state index contributed by atoms with van der Waals surface area (Å²) in [5.74, 6) is -0.927. The average Bonchev–Trinajstić information content (AvgIpc) is 1.49. The van der Waals surface area contributed by atoms with Crippen LogP contribution in [0, 0.1) is 0 Å². The van der Waals surface area contributed by atoms with Crippen LogP contribution in [0.1, 0.15) is 182 Å². The molecule has 590 valence electrons. The maximum atomic E-state index is 13.2. The number of alkyl halides is 3. The molecule has 0 radical (unpaired) electrons. The zero-order valence-corrected chi connectivity index (χ0v) is 68.5. The van der Waals surface area contributed by atoms with Crippen molar-refractivity contribution in [2.24, 2.45) is 5.73 Å². The van der Waals surface area contributed by atoms with Crippen molar-refractivity contribution in [3.63, 3.8) is 0 Å². The molecule has 5 aliphatic rings.